The average molecular weight is 438 g/mol. The number of nitrogens with one attached hydrogen (secondary N) is 1. The van der Waals surface area contributed by atoms with Crippen LogP contribution in [0.2, 0.25) is 0 Å². The van der Waals surface area contributed by atoms with Gasteiger partial charge in [-0.25, -0.2) is 4.98 Å². The van der Waals surface area contributed by atoms with Crippen LogP contribution in [0.3, 0.4) is 0 Å². The number of ether oxygens (including phenoxy) is 2. The predicted octanol–water partition coefficient (Wildman–Crippen LogP) is 4.36. The molecule has 0 saturated heterocycles. The number of rotatable bonds is 10. The maximum atomic E-state index is 12.8. The summed E-state index contributed by atoms with van der Waals surface area (Å²) in [6, 6.07) is 10.1. The molecule has 0 spiro atoms. The second kappa shape index (κ2) is 10.9. The van der Waals surface area contributed by atoms with Crippen LogP contribution in [-0.4, -0.2) is 41.7 Å². The Morgan fingerprint density at radius 2 is 1.88 bits per heavy atom. The van der Waals surface area contributed by atoms with Crippen molar-refractivity contribution in [2.24, 2.45) is 11.8 Å². The van der Waals surface area contributed by atoms with E-state index in [9.17, 15) is 4.79 Å². The molecule has 1 saturated carbocycles. The van der Waals surface area contributed by atoms with Crippen molar-refractivity contribution in [3.05, 3.63) is 41.6 Å². The monoisotopic (exact) mass is 437 g/mol. The molecule has 4 rings (SSSR count). The summed E-state index contributed by atoms with van der Waals surface area (Å²) in [6.07, 6.45) is 6.69. The van der Waals surface area contributed by atoms with Gasteiger partial charge in [-0.05, 0) is 64.7 Å². The second-order valence-corrected chi connectivity index (χ2v) is 9.24. The molecule has 0 radical (unpaired) electrons. The third-order valence-corrected chi connectivity index (χ3v) is 6.15. The fourth-order valence-corrected chi connectivity index (χ4v) is 4.07. The maximum absolute atomic E-state index is 12.8. The van der Waals surface area contributed by atoms with E-state index in [2.05, 4.69) is 5.32 Å². The summed E-state index contributed by atoms with van der Waals surface area (Å²) in [7, 11) is 0. The Balaban J connectivity index is 1.43. The van der Waals surface area contributed by atoms with Gasteiger partial charge in [-0.3, -0.25) is 4.79 Å². The molecule has 0 bridgehead atoms. The largest absolute Gasteiger partial charge is 0.477 e. The Bertz CT molecular complexity index is 897. The van der Waals surface area contributed by atoms with Crippen LogP contribution in [0.15, 0.2) is 30.3 Å². The Kier molecular flexibility index (Phi) is 7.74. The van der Waals surface area contributed by atoms with Gasteiger partial charge in [0, 0.05) is 30.2 Å². The lowest BCUT2D eigenvalue weighted by Crippen LogP contribution is -2.32. The number of hydrogen-bond acceptors (Lipinski definition) is 5. The lowest BCUT2D eigenvalue weighted by Gasteiger charge is -2.15. The summed E-state index contributed by atoms with van der Waals surface area (Å²) in [6.45, 7) is 6.10. The van der Waals surface area contributed by atoms with Crippen molar-refractivity contribution in [3.8, 4) is 17.3 Å². The van der Waals surface area contributed by atoms with E-state index < -0.39 is 0 Å². The topological polar surface area (TPSA) is 73.3 Å². The Hall–Kier alpha value is -2.47. The molecule has 2 aliphatic rings. The van der Waals surface area contributed by atoms with Gasteiger partial charge in [-0.15, -0.1) is 0 Å². The van der Waals surface area contributed by atoms with Crippen LogP contribution in [0.25, 0.3) is 11.4 Å². The first kappa shape index (κ1) is 22.7. The van der Waals surface area contributed by atoms with Gasteiger partial charge >= 0.3 is 0 Å². The molecule has 32 heavy (non-hydrogen) atoms. The molecule has 172 valence electrons. The molecule has 1 fully saturated rings. The highest BCUT2D eigenvalue weighted by Crippen LogP contribution is 2.34. The molecule has 1 aromatic heterocycles. The van der Waals surface area contributed by atoms with Crippen LogP contribution in [0.1, 0.15) is 57.2 Å². The number of aryl methyl sites for hydroxylation is 1. The highest BCUT2D eigenvalue weighted by atomic mass is 16.5. The number of fused-ring (bicyclic) bond motifs is 1. The van der Waals surface area contributed by atoms with Gasteiger partial charge in [0.1, 0.15) is 0 Å². The molecule has 6 nitrogen and oxygen atoms in total. The Morgan fingerprint density at radius 3 is 2.62 bits per heavy atom. The lowest BCUT2D eigenvalue weighted by atomic mass is 9.99. The number of carbonyl (C=O) groups is 1. The number of carbonyl (C=O) groups excluding carboxylic acids is 1. The first-order valence-corrected chi connectivity index (χ1v) is 12.1. The summed E-state index contributed by atoms with van der Waals surface area (Å²) < 4.78 is 11.7. The van der Waals surface area contributed by atoms with Gasteiger partial charge < -0.3 is 14.8 Å². The number of nitrogens with zero attached hydrogens (tertiary/aromatic N) is 2. The predicted molar refractivity (Wildman–Crippen MR) is 125 cm³/mol. The van der Waals surface area contributed by atoms with E-state index in [0.29, 0.717) is 30.8 Å². The summed E-state index contributed by atoms with van der Waals surface area (Å²) in [5, 5.41) is 3.09. The fraction of sp³-hybridized carbons (Fsp3) is 0.577. The lowest BCUT2D eigenvalue weighted by molar-refractivity contribution is -0.125. The van der Waals surface area contributed by atoms with Crippen molar-refractivity contribution in [2.45, 2.75) is 64.9 Å². The highest BCUT2D eigenvalue weighted by Gasteiger charge is 2.28. The van der Waals surface area contributed by atoms with E-state index in [1.54, 1.807) is 0 Å². The van der Waals surface area contributed by atoms with Crippen molar-refractivity contribution in [3.63, 3.8) is 0 Å². The number of benzene rings is 1. The highest BCUT2D eigenvalue weighted by molar-refractivity contribution is 5.78. The molecular formula is C26H35N3O3. The molecule has 1 N–H and O–H groups in total. The zero-order chi connectivity index (χ0) is 22.3. The standard InChI is InChI=1S/C26H35N3O3/c1-18(2)31-16-6-15-27-25(30)21-11-13-22-23(14-12-21)28-24(20-7-4-3-5-8-20)29-26(22)32-17-19-9-10-19/h3-5,7-8,18-19,21H,6,9-17H2,1-2H3,(H,27,30). The first-order valence-electron chi connectivity index (χ1n) is 12.1. The van der Waals surface area contributed by atoms with E-state index >= 15 is 0 Å². The van der Waals surface area contributed by atoms with Crippen LogP contribution in [0, 0.1) is 11.8 Å². The molecule has 2 aromatic rings. The SMILES string of the molecule is CC(C)OCCCNC(=O)C1CCc2nc(-c3ccccc3)nc(OCC3CC3)c2CC1. The zero-order valence-electron chi connectivity index (χ0n) is 19.3. The minimum Gasteiger partial charge on any atom is -0.477 e. The number of amides is 1. The van der Waals surface area contributed by atoms with E-state index in [4.69, 9.17) is 19.4 Å². The molecule has 1 unspecified atom stereocenters. The number of aromatic nitrogens is 2. The molecule has 1 amide bonds. The van der Waals surface area contributed by atoms with Gasteiger partial charge in [-0.2, -0.15) is 4.98 Å². The summed E-state index contributed by atoms with van der Waals surface area (Å²) in [5.41, 5.74) is 3.12. The quantitative estimate of drug-likeness (QED) is 0.442. The van der Waals surface area contributed by atoms with Crippen molar-refractivity contribution in [1.82, 2.24) is 15.3 Å². The average Bonchev–Trinajstić information content (AvgIpc) is 3.64. The van der Waals surface area contributed by atoms with E-state index in [1.807, 2.05) is 44.2 Å². The molecule has 1 aromatic carbocycles. The first-order chi connectivity index (χ1) is 15.6. The van der Waals surface area contributed by atoms with Gasteiger partial charge in [0.05, 0.1) is 18.4 Å². The van der Waals surface area contributed by atoms with Crippen LogP contribution < -0.4 is 10.1 Å². The Labute approximate surface area is 191 Å². The fourth-order valence-electron chi connectivity index (χ4n) is 4.07. The normalized spacial score (nSPS) is 18.2. The van der Waals surface area contributed by atoms with E-state index in [-0.39, 0.29) is 17.9 Å². The molecule has 0 aliphatic heterocycles. The van der Waals surface area contributed by atoms with Crippen LogP contribution >= 0.6 is 0 Å². The summed E-state index contributed by atoms with van der Waals surface area (Å²) in [4.78, 5) is 22.5. The molecule has 2 aliphatic carbocycles. The van der Waals surface area contributed by atoms with Gasteiger partial charge in [0.15, 0.2) is 5.82 Å². The van der Waals surface area contributed by atoms with E-state index in [0.717, 1.165) is 55.5 Å². The van der Waals surface area contributed by atoms with Gasteiger partial charge in [0.2, 0.25) is 11.8 Å². The van der Waals surface area contributed by atoms with Crippen LogP contribution in [-0.2, 0) is 22.4 Å². The number of hydrogen-bond donors (Lipinski definition) is 1. The van der Waals surface area contributed by atoms with Gasteiger partial charge in [0.25, 0.3) is 0 Å². The smallest absolute Gasteiger partial charge is 0.223 e. The third-order valence-electron chi connectivity index (χ3n) is 6.15. The maximum Gasteiger partial charge on any atom is 0.223 e. The van der Waals surface area contributed by atoms with Gasteiger partial charge in [-0.1, -0.05) is 30.3 Å². The molecule has 1 heterocycles. The zero-order valence-corrected chi connectivity index (χ0v) is 19.3. The van der Waals surface area contributed by atoms with E-state index in [1.165, 1.54) is 12.8 Å². The van der Waals surface area contributed by atoms with Crippen molar-refractivity contribution >= 4 is 5.91 Å². The summed E-state index contributed by atoms with van der Waals surface area (Å²) in [5.74, 6) is 2.21. The Morgan fingerprint density at radius 1 is 1.09 bits per heavy atom. The van der Waals surface area contributed by atoms with Crippen LogP contribution in [0.5, 0.6) is 5.88 Å². The van der Waals surface area contributed by atoms with Crippen molar-refractivity contribution in [1.29, 1.82) is 0 Å². The van der Waals surface area contributed by atoms with Crippen molar-refractivity contribution in [2.75, 3.05) is 19.8 Å². The minimum absolute atomic E-state index is 0.00771. The molecule has 6 heteroatoms. The summed E-state index contributed by atoms with van der Waals surface area (Å²) >= 11 is 0. The molecular weight excluding hydrogens is 402 g/mol. The second-order valence-electron chi connectivity index (χ2n) is 9.24. The van der Waals surface area contributed by atoms with Crippen LogP contribution in [0.4, 0.5) is 0 Å². The third kappa shape index (κ3) is 6.28. The molecule has 1 atom stereocenters. The van der Waals surface area contributed by atoms with Crippen molar-refractivity contribution < 1.29 is 14.3 Å². The minimum atomic E-state index is -0.00771.